The summed E-state index contributed by atoms with van der Waals surface area (Å²) in [6.07, 6.45) is 5.14. The Balaban J connectivity index is 1.93. The standard InChI is InChI=1S/C10H16N4/c11-5-6-14-9(7-1-2-7)12-13-10(14)8-3-4-8/h7-8H,1-6,11H2. The maximum Gasteiger partial charge on any atom is 0.136 e. The minimum absolute atomic E-state index is 0.682. The molecule has 0 saturated heterocycles. The average molecular weight is 192 g/mol. The first kappa shape index (κ1) is 8.41. The summed E-state index contributed by atoms with van der Waals surface area (Å²) in [7, 11) is 0. The summed E-state index contributed by atoms with van der Waals surface area (Å²) in [6.45, 7) is 1.59. The third-order valence-electron chi connectivity index (χ3n) is 3.05. The predicted octanol–water partition coefficient (Wildman–Crippen LogP) is 0.992. The molecular formula is C10H16N4. The first-order chi connectivity index (χ1) is 6.90. The zero-order valence-corrected chi connectivity index (χ0v) is 8.32. The van der Waals surface area contributed by atoms with E-state index in [0.29, 0.717) is 18.4 Å². The van der Waals surface area contributed by atoms with Crippen LogP contribution in [0.1, 0.15) is 49.2 Å². The van der Waals surface area contributed by atoms with Crippen LogP contribution in [0.25, 0.3) is 0 Å². The van der Waals surface area contributed by atoms with Crippen molar-refractivity contribution in [1.82, 2.24) is 14.8 Å². The molecule has 14 heavy (non-hydrogen) atoms. The van der Waals surface area contributed by atoms with Gasteiger partial charge in [-0.2, -0.15) is 0 Å². The molecule has 0 amide bonds. The molecule has 1 heterocycles. The van der Waals surface area contributed by atoms with Gasteiger partial charge in [-0.05, 0) is 25.7 Å². The fourth-order valence-corrected chi connectivity index (χ4v) is 1.97. The van der Waals surface area contributed by atoms with Crippen LogP contribution in [0, 0.1) is 0 Å². The zero-order chi connectivity index (χ0) is 9.54. The van der Waals surface area contributed by atoms with Crippen LogP contribution in [0.3, 0.4) is 0 Å². The molecule has 0 aromatic carbocycles. The molecule has 0 spiro atoms. The Hall–Kier alpha value is -0.900. The number of aromatic nitrogens is 3. The summed E-state index contributed by atoms with van der Waals surface area (Å²) < 4.78 is 2.27. The highest BCUT2D eigenvalue weighted by atomic mass is 15.3. The lowest BCUT2D eigenvalue weighted by molar-refractivity contribution is 0.630. The molecule has 2 fully saturated rings. The number of nitrogens with two attached hydrogens (primary N) is 1. The van der Waals surface area contributed by atoms with Crippen LogP contribution in [0.2, 0.25) is 0 Å². The molecule has 2 aliphatic rings. The average Bonchev–Trinajstić information content (AvgIpc) is 3.08. The Morgan fingerprint density at radius 2 is 1.57 bits per heavy atom. The van der Waals surface area contributed by atoms with Crippen LogP contribution >= 0.6 is 0 Å². The van der Waals surface area contributed by atoms with Crippen molar-refractivity contribution < 1.29 is 0 Å². The molecule has 0 unspecified atom stereocenters. The smallest absolute Gasteiger partial charge is 0.136 e. The van der Waals surface area contributed by atoms with Gasteiger partial charge in [0.2, 0.25) is 0 Å². The highest BCUT2D eigenvalue weighted by Crippen LogP contribution is 2.43. The van der Waals surface area contributed by atoms with E-state index in [9.17, 15) is 0 Å². The third kappa shape index (κ3) is 1.34. The van der Waals surface area contributed by atoms with Crippen molar-refractivity contribution >= 4 is 0 Å². The maximum absolute atomic E-state index is 5.62. The van der Waals surface area contributed by atoms with Crippen LogP contribution in [0.5, 0.6) is 0 Å². The molecule has 2 N–H and O–H groups in total. The van der Waals surface area contributed by atoms with Gasteiger partial charge in [-0.1, -0.05) is 0 Å². The topological polar surface area (TPSA) is 56.7 Å². The molecule has 1 aromatic heterocycles. The van der Waals surface area contributed by atoms with Crippen molar-refractivity contribution in [3.63, 3.8) is 0 Å². The van der Waals surface area contributed by atoms with Crippen LogP contribution in [0.15, 0.2) is 0 Å². The molecule has 3 rings (SSSR count). The lowest BCUT2D eigenvalue weighted by Crippen LogP contribution is -2.14. The summed E-state index contributed by atoms with van der Waals surface area (Å²) >= 11 is 0. The van der Waals surface area contributed by atoms with Crippen LogP contribution in [-0.2, 0) is 6.54 Å². The van der Waals surface area contributed by atoms with E-state index in [1.54, 1.807) is 0 Å². The Morgan fingerprint density at radius 3 is 1.93 bits per heavy atom. The van der Waals surface area contributed by atoms with Crippen LogP contribution in [0.4, 0.5) is 0 Å². The van der Waals surface area contributed by atoms with Gasteiger partial charge >= 0.3 is 0 Å². The molecule has 0 atom stereocenters. The predicted molar refractivity (Wildman–Crippen MR) is 53.0 cm³/mol. The van der Waals surface area contributed by atoms with Crippen molar-refractivity contribution in [3.05, 3.63) is 11.6 Å². The molecule has 2 saturated carbocycles. The second-order valence-corrected chi connectivity index (χ2v) is 4.41. The van der Waals surface area contributed by atoms with Gasteiger partial charge in [0.15, 0.2) is 0 Å². The SMILES string of the molecule is NCCn1c(C2CC2)nnc1C1CC1. The second-order valence-electron chi connectivity index (χ2n) is 4.41. The summed E-state index contributed by atoms with van der Waals surface area (Å²) in [6, 6.07) is 0. The summed E-state index contributed by atoms with van der Waals surface area (Å²) in [5.41, 5.74) is 5.62. The van der Waals surface area contributed by atoms with Gasteiger partial charge in [-0.25, -0.2) is 0 Å². The molecule has 0 aliphatic heterocycles. The highest BCUT2D eigenvalue weighted by Gasteiger charge is 2.34. The van der Waals surface area contributed by atoms with E-state index in [4.69, 9.17) is 5.73 Å². The summed E-state index contributed by atoms with van der Waals surface area (Å²) in [4.78, 5) is 0. The normalized spacial score (nSPS) is 21.5. The number of hydrogen-bond acceptors (Lipinski definition) is 3. The maximum atomic E-state index is 5.62. The van der Waals surface area contributed by atoms with E-state index in [2.05, 4.69) is 14.8 Å². The molecule has 2 aliphatic carbocycles. The van der Waals surface area contributed by atoms with Gasteiger partial charge in [0.05, 0.1) is 0 Å². The van der Waals surface area contributed by atoms with Crippen molar-refractivity contribution in [2.45, 2.75) is 44.1 Å². The minimum atomic E-state index is 0.682. The van der Waals surface area contributed by atoms with Gasteiger partial charge in [0, 0.05) is 24.9 Å². The van der Waals surface area contributed by atoms with Crippen molar-refractivity contribution in [2.75, 3.05) is 6.54 Å². The lowest BCUT2D eigenvalue weighted by Gasteiger charge is -2.07. The first-order valence-corrected chi connectivity index (χ1v) is 5.53. The van der Waals surface area contributed by atoms with Crippen molar-refractivity contribution in [3.8, 4) is 0 Å². The second kappa shape index (κ2) is 3.05. The minimum Gasteiger partial charge on any atom is -0.329 e. The Labute approximate surface area is 83.5 Å². The fourth-order valence-electron chi connectivity index (χ4n) is 1.97. The molecule has 4 heteroatoms. The van der Waals surface area contributed by atoms with E-state index in [1.165, 1.54) is 37.3 Å². The van der Waals surface area contributed by atoms with Crippen LogP contribution < -0.4 is 5.73 Å². The van der Waals surface area contributed by atoms with E-state index in [1.807, 2.05) is 0 Å². The lowest BCUT2D eigenvalue weighted by atomic mass is 10.3. The van der Waals surface area contributed by atoms with E-state index in [0.717, 1.165) is 6.54 Å². The van der Waals surface area contributed by atoms with Gasteiger partial charge in [-0.3, -0.25) is 0 Å². The van der Waals surface area contributed by atoms with Gasteiger partial charge in [0.25, 0.3) is 0 Å². The van der Waals surface area contributed by atoms with Crippen molar-refractivity contribution in [2.24, 2.45) is 5.73 Å². The molecule has 4 nitrogen and oxygen atoms in total. The Kier molecular flexibility index (Phi) is 1.83. The third-order valence-corrected chi connectivity index (χ3v) is 3.05. The van der Waals surface area contributed by atoms with E-state index >= 15 is 0 Å². The highest BCUT2D eigenvalue weighted by molar-refractivity contribution is 5.14. The quantitative estimate of drug-likeness (QED) is 0.774. The number of hydrogen-bond donors (Lipinski definition) is 1. The summed E-state index contributed by atoms with van der Waals surface area (Å²) in [5, 5.41) is 8.63. The largest absolute Gasteiger partial charge is 0.329 e. The van der Waals surface area contributed by atoms with Gasteiger partial charge < -0.3 is 10.3 Å². The Bertz CT molecular complexity index is 306. The van der Waals surface area contributed by atoms with Crippen molar-refractivity contribution in [1.29, 1.82) is 0 Å². The van der Waals surface area contributed by atoms with E-state index < -0.39 is 0 Å². The molecular weight excluding hydrogens is 176 g/mol. The first-order valence-electron chi connectivity index (χ1n) is 5.53. The molecule has 0 radical (unpaired) electrons. The number of rotatable bonds is 4. The molecule has 1 aromatic rings. The van der Waals surface area contributed by atoms with E-state index in [-0.39, 0.29) is 0 Å². The van der Waals surface area contributed by atoms with Gasteiger partial charge in [-0.15, -0.1) is 10.2 Å². The number of nitrogens with zero attached hydrogens (tertiary/aromatic N) is 3. The monoisotopic (exact) mass is 192 g/mol. The fraction of sp³-hybridized carbons (Fsp3) is 0.800. The summed E-state index contributed by atoms with van der Waals surface area (Å²) in [5.74, 6) is 3.75. The molecule has 76 valence electrons. The Morgan fingerprint density at radius 1 is 1.07 bits per heavy atom. The molecule has 0 bridgehead atoms. The zero-order valence-electron chi connectivity index (χ0n) is 8.32. The van der Waals surface area contributed by atoms with Gasteiger partial charge in [0.1, 0.15) is 11.6 Å². The van der Waals surface area contributed by atoms with Crippen LogP contribution in [-0.4, -0.2) is 21.3 Å².